The normalized spacial score (nSPS) is 22.2. The number of esters is 2. The van der Waals surface area contributed by atoms with Crippen LogP contribution in [0.15, 0.2) is 0 Å². The summed E-state index contributed by atoms with van der Waals surface area (Å²) in [5, 5.41) is 3.23. The van der Waals surface area contributed by atoms with Crippen molar-refractivity contribution in [3.8, 4) is 0 Å². The first-order valence-electron chi connectivity index (χ1n) is 12.4. The predicted molar refractivity (Wildman–Crippen MR) is 132 cm³/mol. The number of hydrogen-bond acceptors (Lipinski definition) is 8. The first-order valence-corrected chi connectivity index (χ1v) is 12.4. The van der Waals surface area contributed by atoms with Crippen LogP contribution in [0.1, 0.15) is 101 Å². The first kappa shape index (κ1) is 30.6. The smallest absolute Gasteiger partial charge is 0.460 e. The minimum atomic E-state index is -0.921. The summed E-state index contributed by atoms with van der Waals surface area (Å²) in [4.78, 5) is 36.6. The van der Waals surface area contributed by atoms with E-state index in [-0.39, 0.29) is 18.9 Å². The molecule has 1 N–H and O–H groups in total. The molecule has 9 heteroatoms. The van der Waals surface area contributed by atoms with Crippen LogP contribution in [0, 0.1) is 0 Å². The fourth-order valence-corrected chi connectivity index (χ4v) is 4.04. The van der Waals surface area contributed by atoms with Gasteiger partial charge >= 0.3 is 19.1 Å². The predicted octanol–water partition coefficient (Wildman–Crippen LogP) is 4.24. The van der Waals surface area contributed by atoms with E-state index >= 15 is 0 Å². The molecule has 3 atom stereocenters. The molecule has 0 aromatic rings. The summed E-state index contributed by atoms with van der Waals surface area (Å²) in [7, 11) is -0.802. The number of nitrogens with one attached hydrogen (secondary N) is 1. The van der Waals surface area contributed by atoms with Crippen LogP contribution < -0.4 is 5.32 Å². The van der Waals surface area contributed by atoms with E-state index in [1.165, 1.54) is 0 Å². The summed E-state index contributed by atoms with van der Waals surface area (Å²) >= 11 is 0. The van der Waals surface area contributed by atoms with Crippen molar-refractivity contribution in [2.75, 3.05) is 6.54 Å². The molecule has 0 saturated carbocycles. The summed E-state index contributed by atoms with van der Waals surface area (Å²) in [5.74, 6) is -1.33. The molecule has 1 aliphatic heterocycles. The Morgan fingerprint density at radius 1 is 1.00 bits per heavy atom. The molecule has 1 heterocycles. The van der Waals surface area contributed by atoms with E-state index in [1.807, 2.05) is 62.3 Å². The number of carbonyl (C=O) groups is 3. The van der Waals surface area contributed by atoms with Gasteiger partial charge in [0.25, 0.3) is 0 Å². The van der Waals surface area contributed by atoms with Gasteiger partial charge in [0.15, 0.2) is 0 Å². The third-order valence-electron chi connectivity index (χ3n) is 6.02. The Bertz CT molecular complexity index is 698. The molecule has 0 amide bonds. The van der Waals surface area contributed by atoms with E-state index in [0.29, 0.717) is 12.8 Å². The largest absolute Gasteiger partial charge is 0.472 e. The van der Waals surface area contributed by atoms with Gasteiger partial charge in [-0.2, -0.15) is 0 Å². The molecule has 1 rings (SSSR count). The van der Waals surface area contributed by atoms with Crippen LogP contribution in [0.3, 0.4) is 0 Å². The van der Waals surface area contributed by atoms with Crippen molar-refractivity contribution in [3.05, 3.63) is 0 Å². The minimum absolute atomic E-state index is 0.0359. The molecule has 8 nitrogen and oxygen atoms in total. The molecular formula is C25H46BNO7. The van der Waals surface area contributed by atoms with Gasteiger partial charge in [0, 0.05) is 12.5 Å². The van der Waals surface area contributed by atoms with Crippen LogP contribution in [0.2, 0.25) is 5.82 Å². The van der Waals surface area contributed by atoms with Crippen LogP contribution in [0.4, 0.5) is 0 Å². The maximum Gasteiger partial charge on any atom is 0.472 e. The van der Waals surface area contributed by atoms with Crippen molar-refractivity contribution in [2.24, 2.45) is 0 Å². The molecule has 0 aromatic carbocycles. The number of aldehydes is 1. The lowest BCUT2D eigenvalue weighted by molar-refractivity contribution is -0.156. The number of unbranched alkanes of at least 4 members (excludes halogenated alkanes) is 1. The fraction of sp³-hybridized carbons (Fsp3) is 0.880. The van der Waals surface area contributed by atoms with Crippen molar-refractivity contribution in [1.29, 1.82) is 0 Å². The zero-order chi connectivity index (χ0) is 26.4. The van der Waals surface area contributed by atoms with Crippen molar-refractivity contribution >= 4 is 25.3 Å². The SMILES string of the molecule is CCCCC(B1OC(C)(C)C(C)(C(CCC=O)NCC(=O)OC(C)(C)C)O1)C(=O)OC(C)(C)C. The molecule has 0 aromatic heterocycles. The van der Waals surface area contributed by atoms with Gasteiger partial charge in [-0.05, 0) is 75.2 Å². The fourth-order valence-electron chi connectivity index (χ4n) is 4.04. The van der Waals surface area contributed by atoms with Gasteiger partial charge in [-0.3, -0.25) is 9.59 Å². The average Bonchev–Trinajstić information content (AvgIpc) is 2.88. The number of carbonyl (C=O) groups excluding carboxylic acids is 3. The van der Waals surface area contributed by atoms with Gasteiger partial charge in [0.05, 0.1) is 23.6 Å². The molecular weight excluding hydrogens is 437 g/mol. The van der Waals surface area contributed by atoms with Gasteiger partial charge < -0.3 is 28.9 Å². The molecule has 1 saturated heterocycles. The van der Waals surface area contributed by atoms with Crippen LogP contribution in [0.25, 0.3) is 0 Å². The lowest BCUT2D eigenvalue weighted by atomic mass is 9.69. The van der Waals surface area contributed by atoms with E-state index in [2.05, 4.69) is 12.2 Å². The Balaban J connectivity index is 3.15. The van der Waals surface area contributed by atoms with Gasteiger partial charge in [0.1, 0.15) is 17.5 Å². The van der Waals surface area contributed by atoms with Crippen LogP contribution in [-0.2, 0) is 33.2 Å². The number of ether oxygens (including phenoxy) is 2. The second-order valence-electron chi connectivity index (χ2n) is 11.8. The van der Waals surface area contributed by atoms with Crippen molar-refractivity contribution < 1.29 is 33.2 Å². The monoisotopic (exact) mass is 483 g/mol. The van der Waals surface area contributed by atoms with Crippen LogP contribution in [0.5, 0.6) is 0 Å². The maximum atomic E-state index is 13.1. The van der Waals surface area contributed by atoms with Gasteiger partial charge in [0.2, 0.25) is 0 Å². The van der Waals surface area contributed by atoms with Gasteiger partial charge in [-0.15, -0.1) is 0 Å². The third kappa shape index (κ3) is 8.97. The van der Waals surface area contributed by atoms with E-state index in [0.717, 1.165) is 19.1 Å². The highest BCUT2D eigenvalue weighted by Gasteiger charge is 2.60. The molecule has 3 unspecified atom stereocenters. The summed E-state index contributed by atoms with van der Waals surface area (Å²) in [5.41, 5.74) is -2.95. The van der Waals surface area contributed by atoms with Crippen LogP contribution >= 0.6 is 0 Å². The zero-order valence-electron chi connectivity index (χ0n) is 22.9. The average molecular weight is 483 g/mol. The number of rotatable bonds is 12. The van der Waals surface area contributed by atoms with E-state index in [9.17, 15) is 14.4 Å². The highest BCUT2D eigenvalue weighted by molar-refractivity contribution is 6.52. The summed E-state index contributed by atoms with van der Waals surface area (Å²) in [6.45, 7) is 18.7. The molecule has 34 heavy (non-hydrogen) atoms. The first-order chi connectivity index (χ1) is 15.5. The molecule has 196 valence electrons. The van der Waals surface area contributed by atoms with Crippen LogP contribution in [-0.4, -0.2) is 60.3 Å². The molecule has 0 spiro atoms. The van der Waals surface area contributed by atoms with Crippen molar-refractivity contribution in [3.63, 3.8) is 0 Å². The Morgan fingerprint density at radius 3 is 2.09 bits per heavy atom. The Morgan fingerprint density at radius 2 is 1.59 bits per heavy atom. The van der Waals surface area contributed by atoms with E-state index in [1.54, 1.807) is 0 Å². The highest BCUT2D eigenvalue weighted by atomic mass is 16.7. The molecule has 1 aliphatic rings. The summed E-state index contributed by atoms with van der Waals surface area (Å²) < 4.78 is 23.9. The summed E-state index contributed by atoms with van der Waals surface area (Å²) in [6.07, 6.45) is 3.90. The topological polar surface area (TPSA) is 100 Å². The standard InChI is InChI=1S/C25H46BNO7/c1-11-12-14-18(21(30)32-23(5,6)7)26-33-24(8,9)25(10,34-26)19(15-13-16-28)27-17-20(29)31-22(2,3)4/h16,18-19,27H,11-15,17H2,1-10H3. The minimum Gasteiger partial charge on any atom is -0.460 e. The second-order valence-corrected chi connectivity index (χ2v) is 11.8. The van der Waals surface area contributed by atoms with Crippen molar-refractivity contribution in [1.82, 2.24) is 5.32 Å². The molecule has 0 radical (unpaired) electrons. The third-order valence-corrected chi connectivity index (χ3v) is 6.02. The summed E-state index contributed by atoms with van der Waals surface area (Å²) in [6, 6.07) is -0.393. The Labute approximate surface area is 206 Å². The zero-order valence-corrected chi connectivity index (χ0v) is 22.9. The second kappa shape index (κ2) is 12.0. The quantitative estimate of drug-likeness (QED) is 0.250. The molecule has 0 aliphatic carbocycles. The van der Waals surface area contributed by atoms with Gasteiger partial charge in [-0.1, -0.05) is 19.8 Å². The lowest BCUT2D eigenvalue weighted by Crippen LogP contribution is -2.60. The maximum absolute atomic E-state index is 13.1. The Hall–Kier alpha value is -1.45. The van der Waals surface area contributed by atoms with Gasteiger partial charge in [-0.25, -0.2) is 0 Å². The highest BCUT2D eigenvalue weighted by Crippen LogP contribution is 2.45. The molecule has 0 bridgehead atoms. The van der Waals surface area contributed by atoms with E-state index < -0.39 is 47.4 Å². The lowest BCUT2D eigenvalue weighted by Gasteiger charge is -2.43. The van der Waals surface area contributed by atoms with Crippen molar-refractivity contribution in [2.45, 2.75) is 136 Å². The van der Waals surface area contributed by atoms with E-state index in [4.69, 9.17) is 18.8 Å². The number of hydrogen-bond donors (Lipinski definition) is 1. The Kier molecular flexibility index (Phi) is 10.8. The molecule has 1 fully saturated rings.